The molecule has 0 atom stereocenters. The summed E-state index contributed by atoms with van der Waals surface area (Å²) in [7, 11) is 1.83. The van der Waals surface area contributed by atoms with Crippen LogP contribution in [0.15, 0.2) is 36.5 Å². The van der Waals surface area contributed by atoms with Crippen LogP contribution in [0.2, 0.25) is 0 Å². The topological polar surface area (TPSA) is 34.2 Å². The van der Waals surface area contributed by atoms with Gasteiger partial charge in [-0.1, -0.05) is 12.1 Å². The summed E-state index contributed by atoms with van der Waals surface area (Å²) < 4.78 is 19.1. The van der Waals surface area contributed by atoms with Crippen LogP contribution in [-0.2, 0) is 6.61 Å². The molecule has 0 saturated carbocycles. The van der Waals surface area contributed by atoms with Crippen LogP contribution in [-0.4, -0.2) is 12.0 Å². The van der Waals surface area contributed by atoms with Crippen molar-refractivity contribution in [3.8, 4) is 5.75 Å². The molecule has 0 aliphatic rings. The van der Waals surface area contributed by atoms with E-state index in [0.29, 0.717) is 5.56 Å². The van der Waals surface area contributed by atoms with Crippen molar-refractivity contribution < 1.29 is 9.13 Å². The number of anilines is 1. The lowest BCUT2D eigenvalue weighted by atomic mass is 10.2. The van der Waals surface area contributed by atoms with Crippen molar-refractivity contribution >= 4 is 5.69 Å². The summed E-state index contributed by atoms with van der Waals surface area (Å²) in [5.74, 6) is -0.0612. The van der Waals surface area contributed by atoms with E-state index in [1.807, 2.05) is 19.2 Å². The summed E-state index contributed by atoms with van der Waals surface area (Å²) in [6.45, 7) is 1.96. The maximum absolute atomic E-state index is 13.7. The number of pyridine rings is 1. The molecular formula is C14H15FN2O. The minimum absolute atomic E-state index is 0.246. The van der Waals surface area contributed by atoms with Crippen LogP contribution in [0.4, 0.5) is 10.1 Å². The first kappa shape index (κ1) is 12.4. The van der Waals surface area contributed by atoms with E-state index in [1.54, 1.807) is 31.3 Å². The second-order valence-electron chi connectivity index (χ2n) is 3.96. The van der Waals surface area contributed by atoms with Crippen LogP contribution in [0.1, 0.15) is 11.3 Å². The van der Waals surface area contributed by atoms with Gasteiger partial charge in [-0.25, -0.2) is 4.39 Å². The van der Waals surface area contributed by atoms with E-state index in [2.05, 4.69) is 10.3 Å². The Morgan fingerprint density at radius 1 is 1.33 bits per heavy atom. The zero-order valence-corrected chi connectivity index (χ0v) is 10.4. The highest BCUT2D eigenvalue weighted by Crippen LogP contribution is 2.20. The highest BCUT2D eigenvalue weighted by Gasteiger charge is 2.06. The normalized spacial score (nSPS) is 10.2. The van der Waals surface area contributed by atoms with Crippen molar-refractivity contribution in [1.82, 2.24) is 4.98 Å². The van der Waals surface area contributed by atoms with Gasteiger partial charge in [0.25, 0.3) is 0 Å². The highest BCUT2D eigenvalue weighted by atomic mass is 19.1. The molecule has 1 aromatic heterocycles. The highest BCUT2D eigenvalue weighted by molar-refractivity contribution is 5.42. The monoisotopic (exact) mass is 246 g/mol. The Morgan fingerprint density at radius 3 is 2.94 bits per heavy atom. The first-order chi connectivity index (χ1) is 8.70. The molecule has 18 heavy (non-hydrogen) atoms. The van der Waals surface area contributed by atoms with E-state index < -0.39 is 0 Å². The third-order valence-corrected chi connectivity index (χ3v) is 2.64. The van der Waals surface area contributed by atoms with Gasteiger partial charge in [-0.2, -0.15) is 0 Å². The van der Waals surface area contributed by atoms with Gasteiger partial charge in [0.05, 0.1) is 5.69 Å². The maximum Gasteiger partial charge on any atom is 0.167 e. The lowest BCUT2D eigenvalue weighted by molar-refractivity contribution is 0.285. The van der Waals surface area contributed by atoms with Gasteiger partial charge in [0.1, 0.15) is 6.61 Å². The average molecular weight is 246 g/mol. The van der Waals surface area contributed by atoms with Gasteiger partial charge in [-0.15, -0.1) is 0 Å². The molecule has 0 unspecified atom stereocenters. The Morgan fingerprint density at radius 2 is 2.17 bits per heavy atom. The van der Waals surface area contributed by atoms with Crippen molar-refractivity contribution in [2.75, 3.05) is 12.4 Å². The molecule has 0 saturated heterocycles. The molecule has 1 heterocycles. The third-order valence-electron chi connectivity index (χ3n) is 2.64. The molecule has 0 bridgehead atoms. The van der Waals surface area contributed by atoms with Crippen molar-refractivity contribution in [2.45, 2.75) is 13.5 Å². The fourth-order valence-electron chi connectivity index (χ4n) is 1.60. The molecule has 2 rings (SSSR count). The van der Waals surface area contributed by atoms with Gasteiger partial charge in [-0.05, 0) is 30.7 Å². The van der Waals surface area contributed by atoms with Gasteiger partial charge in [0.2, 0.25) is 0 Å². The fraction of sp³-hybridized carbons (Fsp3) is 0.214. The Balaban J connectivity index is 2.09. The predicted octanol–water partition coefficient (Wildman–Crippen LogP) is 3.15. The number of nitrogens with one attached hydrogen (secondary N) is 1. The van der Waals surface area contributed by atoms with E-state index in [9.17, 15) is 4.39 Å². The lowest BCUT2D eigenvalue weighted by Gasteiger charge is -2.09. The third kappa shape index (κ3) is 2.77. The number of nitrogens with zero attached hydrogens (tertiary/aromatic N) is 1. The molecule has 1 N–H and O–H groups in total. The van der Waals surface area contributed by atoms with E-state index >= 15 is 0 Å². The number of hydrogen-bond acceptors (Lipinski definition) is 3. The molecule has 0 amide bonds. The predicted molar refractivity (Wildman–Crippen MR) is 69.3 cm³/mol. The molecule has 0 aliphatic heterocycles. The molecule has 0 radical (unpaired) electrons. The van der Waals surface area contributed by atoms with E-state index in [-0.39, 0.29) is 18.2 Å². The molecule has 0 aliphatic carbocycles. The molecule has 0 spiro atoms. The molecule has 1 aromatic carbocycles. The Labute approximate surface area is 106 Å². The number of rotatable bonds is 4. The molecule has 3 nitrogen and oxygen atoms in total. The number of aromatic nitrogens is 1. The van der Waals surface area contributed by atoms with Gasteiger partial charge >= 0.3 is 0 Å². The van der Waals surface area contributed by atoms with E-state index in [4.69, 9.17) is 4.74 Å². The summed E-state index contributed by atoms with van der Waals surface area (Å²) in [6, 6.07) is 8.82. The largest absolute Gasteiger partial charge is 0.484 e. The number of benzene rings is 1. The van der Waals surface area contributed by atoms with Crippen LogP contribution < -0.4 is 10.1 Å². The smallest absolute Gasteiger partial charge is 0.167 e. The second kappa shape index (κ2) is 5.49. The first-order valence-corrected chi connectivity index (χ1v) is 5.71. The van der Waals surface area contributed by atoms with Crippen LogP contribution in [0.25, 0.3) is 0 Å². The van der Waals surface area contributed by atoms with Crippen molar-refractivity contribution in [2.24, 2.45) is 0 Å². The van der Waals surface area contributed by atoms with Crippen LogP contribution in [0.3, 0.4) is 0 Å². The van der Waals surface area contributed by atoms with E-state index in [0.717, 1.165) is 11.4 Å². The SMILES string of the molecule is CNc1ccnc(COc2cccc(C)c2F)c1. The lowest BCUT2D eigenvalue weighted by Crippen LogP contribution is -2.01. The molecule has 4 heteroatoms. The summed E-state index contributed by atoms with van der Waals surface area (Å²) in [5, 5.41) is 3.02. The quantitative estimate of drug-likeness (QED) is 0.899. The van der Waals surface area contributed by atoms with Crippen molar-refractivity contribution in [3.63, 3.8) is 0 Å². The first-order valence-electron chi connectivity index (χ1n) is 5.71. The number of halogens is 1. The molecule has 2 aromatic rings. The Hall–Kier alpha value is -2.10. The van der Waals surface area contributed by atoms with Crippen LogP contribution in [0, 0.1) is 12.7 Å². The maximum atomic E-state index is 13.7. The minimum Gasteiger partial charge on any atom is -0.484 e. The number of aryl methyl sites for hydroxylation is 1. The number of hydrogen-bond donors (Lipinski definition) is 1. The second-order valence-corrected chi connectivity index (χ2v) is 3.96. The van der Waals surface area contributed by atoms with Crippen LogP contribution in [0.5, 0.6) is 5.75 Å². The molecular weight excluding hydrogens is 231 g/mol. The van der Waals surface area contributed by atoms with Gasteiger partial charge in [0.15, 0.2) is 11.6 Å². The Bertz CT molecular complexity index is 543. The van der Waals surface area contributed by atoms with Crippen molar-refractivity contribution in [1.29, 1.82) is 0 Å². The minimum atomic E-state index is -0.317. The van der Waals surface area contributed by atoms with Gasteiger partial charge < -0.3 is 10.1 Å². The summed E-state index contributed by atoms with van der Waals surface area (Å²) in [6.07, 6.45) is 1.69. The molecule has 0 fully saturated rings. The fourth-order valence-corrected chi connectivity index (χ4v) is 1.60. The average Bonchev–Trinajstić information content (AvgIpc) is 2.41. The van der Waals surface area contributed by atoms with E-state index in [1.165, 1.54) is 0 Å². The van der Waals surface area contributed by atoms with Crippen LogP contribution >= 0.6 is 0 Å². The summed E-state index contributed by atoms with van der Waals surface area (Å²) >= 11 is 0. The number of ether oxygens (including phenoxy) is 1. The Kier molecular flexibility index (Phi) is 3.77. The standard InChI is InChI=1S/C14H15FN2O/c1-10-4-3-5-13(14(10)15)18-9-12-8-11(16-2)6-7-17-12/h3-8H,9H2,1-2H3,(H,16,17). The van der Waals surface area contributed by atoms with Gasteiger partial charge in [-0.3, -0.25) is 4.98 Å². The zero-order chi connectivity index (χ0) is 13.0. The summed E-state index contributed by atoms with van der Waals surface area (Å²) in [4.78, 5) is 4.17. The summed E-state index contributed by atoms with van der Waals surface area (Å²) in [5.41, 5.74) is 2.28. The van der Waals surface area contributed by atoms with Crippen molar-refractivity contribution in [3.05, 3.63) is 53.6 Å². The molecule has 94 valence electrons. The zero-order valence-electron chi connectivity index (χ0n) is 10.4. The van der Waals surface area contributed by atoms with Gasteiger partial charge in [0, 0.05) is 18.9 Å².